The number of hydrogen-bond donors (Lipinski definition) is 6. The molecule has 7 atom stereocenters. The summed E-state index contributed by atoms with van der Waals surface area (Å²) in [4.78, 5) is 13.2. The second-order valence-corrected chi connectivity index (χ2v) is 29.6. The Kier molecular flexibility index (Phi) is 71.3. The summed E-state index contributed by atoms with van der Waals surface area (Å²) in [6.07, 6.45) is 94.6. The van der Waals surface area contributed by atoms with Crippen molar-refractivity contribution in [3.05, 3.63) is 36.5 Å². The maximum Gasteiger partial charge on any atom is 0.220 e. The Balaban J connectivity index is 2.02. The van der Waals surface area contributed by atoms with Crippen LogP contribution >= 0.6 is 0 Å². The van der Waals surface area contributed by atoms with E-state index in [1.807, 2.05) is 6.08 Å². The minimum Gasteiger partial charge on any atom is -0.394 e. The highest BCUT2D eigenvalue weighted by molar-refractivity contribution is 5.76. The summed E-state index contributed by atoms with van der Waals surface area (Å²) in [5, 5.41) is 55.0. The number of aliphatic hydroxyl groups excluding tert-OH is 5. The SMILES string of the molecule is CCCCCCC/C=C\C/C=C\CCCCCCCCCCCCCCCCCCCCCCCCCCCCCCCC(=O)NC(COC1OC(CO)C(O)C(O)C1O)C(O)/C=C/CCCCCCCCCCCCCCCCCCCCCCCCCCCCCC. The van der Waals surface area contributed by atoms with Crippen LogP contribution in [0.4, 0.5) is 0 Å². The van der Waals surface area contributed by atoms with E-state index in [1.165, 1.54) is 379 Å². The quantitative estimate of drug-likeness (QED) is 0.0261. The molecule has 0 aromatic carbocycles. The fourth-order valence-electron chi connectivity index (χ4n) is 13.9. The molecular formula is C85H163NO8. The zero-order valence-electron chi connectivity index (χ0n) is 62.8. The maximum atomic E-state index is 13.2. The molecule has 1 amide bonds. The number of nitrogens with one attached hydrogen (secondary N) is 1. The highest BCUT2D eigenvalue weighted by Gasteiger charge is 2.44. The van der Waals surface area contributed by atoms with Crippen molar-refractivity contribution in [3.63, 3.8) is 0 Å². The first-order valence-electron chi connectivity index (χ1n) is 42.2. The van der Waals surface area contributed by atoms with Crippen LogP contribution in [0.1, 0.15) is 444 Å². The summed E-state index contributed by atoms with van der Waals surface area (Å²) in [7, 11) is 0. The summed E-state index contributed by atoms with van der Waals surface area (Å²) in [5.41, 5.74) is 0. The van der Waals surface area contributed by atoms with Crippen LogP contribution in [0.3, 0.4) is 0 Å². The second kappa shape index (κ2) is 74.1. The Morgan fingerprint density at radius 3 is 0.915 bits per heavy atom. The lowest BCUT2D eigenvalue weighted by molar-refractivity contribution is -0.302. The van der Waals surface area contributed by atoms with E-state index >= 15 is 0 Å². The van der Waals surface area contributed by atoms with Gasteiger partial charge in [-0.25, -0.2) is 0 Å². The van der Waals surface area contributed by atoms with Gasteiger partial charge in [-0.1, -0.05) is 423 Å². The summed E-state index contributed by atoms with van der Waals surface area (Å²) >= 11 is 0. The topological polar surface area (TPSA) is 149 Å². The van der Waals surface area contributed by atoms with Crippen LogP contribution in [0.5, 0.6) is 0 Å². The van der Waals surface area contributed by atoms with Gasteiger partial charge in [-0.3, -0.25) is 4.79 Å². The van der Waals surface area contributed by atoms with Crippen molar-refractivity contribution in [2.45, 2.75) is 487 Å². The van der Waals surface area contributed by atoms with Crippen molar-refractivity contribution in [2.24, 2.45) is 0 Å². The molecule has 1 saturated heterocycles. The Morgan fingerprint density at radius 1 is 0.362 bits per heavy atom. The lowest BCUT2D eigenvalue weighted by atomic mass is 9.99. The van der Waals surface area contributed by atoms with Gasteiger partial charge < -0.3 is 40.3 Å². The van der Waals surface area contributed by atoms with E-state index in [1.54, 1.807) is 6.08 Å². The first kappa shape index (κ1) is 90.4. The largest absolute Gasteiger partial charge is 0.394 e. The van der Waals surface area contributed by atoms with Crippen LogP contribution in [0, 0.1) is 0 Å². The molecule has 94 heavy (non-hydrogen) atoms. The number of ether oxygens (including phenoxy) is 2. The fraction of sp³-hybridized carbons (Fsp3) is 0.918. The number of allylic oxidation sites excluding steroid dienone is 5. The standard InChI is InChI=1S/C85H163NO8/c1-3-5-7-9-11-13-15-17-19-21-23-25-27-29-31-33-35-36-37-38-39-40-41-42-43-44-45-47-49-51-53-55-57-59-61-63-65-67-69-71-73-75-81(89)86-78(77-93-85-84(92)83(91)82(90)80(76-87)94-85)79(88)74-72-70-68-66-64-62-60-58-56-54-52-50-48-46-34-32-30-28-26-24-22-20-18-16-14-12-10-8-6-4-2/h15,17,21,23,72,74,78-80,82-85,87-88,90-92H,3-14,16,18-20,22,24-71,73,75-77H2,1-2H3,(H,86,89)/b17-15-,23-21-,74-72+. The molecule has 1 aliphatic heterocycles. The third kappa shape index (κ3) is 61.5. The van der Waals surface area contributed by atoms with Crippen LogP contribution < -0.4 is 5.32 Å². The predicted octanol–water partition coefficient (Wildman–Crippen LogP) is 24.5. The van der Waals surface area contributed by atoms with E-state index < -0.39 is 49.5 Å². The summed E-state index contributed by atoms with van der Waals surface area (Å²) in [6.45, 7) is 3.84. The summed E-state index contributed by atoms with van der Waals surface area (Å²) < 4.78 is 11.4. The Hall–Kier alpha value is -1.59. The number of hydrogen-bond acceptors (Lipinski definition) is 8. The molecule has 0 bridgehead atoms. The van der Waals surface area contributed by atoms with Gasteiger partial charge in [0.15, 0.2) is 6.29 Å². The molecule has 0 saturated carbocycles. The minimum atomic E-state index is -1.57. The van der Waals surface area contributed by atoms with Crippen molar-refractivity contribution in [2.75, 3.05) is 13.2 Å². The Labute approximate surface area is 584 Å². The number of carbonyl (C=O) groups is 1. The molecule has 9 heteroatoms. The van der Waals surface area contributed by atoms with Crippen molar-refractivity contribution in [3.8, 4) is 0 Å². The van der Waals surface area contributed by atoms with Crippen molar-refractivity contribution in [1.82, 2.24) is 5.32 Å². The third-order valence-corrected chi connectivity index (χ3v) is 20.5. The van der Waals surface area contributed by atoms with E-state index in [9.17, 15) is 30.3 Å². The Bertz CT molecular complexity index is 1590. The fourth-order valence-corrected chi connectivity index (χ4v) is 13.9. The minimum absolute atomic E-state index is 0.166. The number of carbonyl (C=O) groups excluding carboxylic acids is 1. The summed E-state index contributed by atoms with van der Waals surface area (Å²) in [5.74, 6) is -0.166. The van der Waals surface area contributed by atoms with Crippen LogP contribution in [0.2, 0.25) is 0 Å². The number of amides is 1. The van der Waals surface area contributed by atoms with Crippen LogP contribution in [-0.4, -0.2) is 87.5 Å². The number of unbranched alkanes of at least 4 members (excludes halogenated alkanes) is 62. The molecule has 0 radical (unpaired) electrons. The van der Waals surface area contributed by atoms with Crippen molar-refractivity contribution in [1.29, 1.82) is 0 Å². The highest BCUT2D eigenvalue weighted by Crippen LogP contribution is 2.24. The van der Waals surface area contributed by atoms with Gasteiger partial charge in [0.1, 0.15) is 24.4 Å². The molecule has 556 valence electrons. The molecule has 9 nitrogen and oxygen atoms in total. The van der Waals surface area contributed by atoms with Gasteiger partial charge in [-0.2, -0.15) is 0 Å². The highest BCUT2D eigenvalue weighted by atomic mass is 16.7. The van der Waals surface area contributed by atoms with E-state index in [0.29, 0.717) is 6.42 Å². The lowest BCUT2D eigenvalue weighted by Crippen LogP contribution is -2.60. The Morgan fingerprint density at radius 2 is 0.628 bits per heavy atom. The van der Waals surface area contributed by atoms with Gasteiger partial charge >= 0.3 is 0 Å². The first-order chi connectivity index (χ1) is 46.3. The molecular weight excluding hydrogens is 1160 g/mol. The normalized spacial score (nSPS) is 17.6. The van der Waals surface area contributed by atoms with Crippen LogP contribution in [0.25, 0.3) is 0 Å². The molecule has 0 spiro atoms. The smallest absolute Gasteiger partial charge is 0.220 e. The van der Waals surface area contributed by atoms with E-state index in [2.05, 4.69) is 43.5 Å². The second-order valence-electron chi connectivity index (χ2n) is 29.6. The van der Waals surface area contributed by atoms with Crippen LogP contribution in [0.15, 0.2) is 36.5 Å². The zero-order valence-corrected chi connectivity index (χ0v) is 62.8. The van der Waals surface area contributed by atoms with Crippen molar-refractivity contribution >= 4 is 5.91 Å². The molecule has 6 N–H and O–H groups in total. The summed E-state index contributed by atoms with van der Waals surface area (Å²) in [6, 6.07) is -0.805. The third-order valence-electron chi connectivity index (χ3n) is 20.5. The molecule has 1 rings (SSSR count). The number of rotatable bonds is 76. The van der Waals surface area contributed by atoms with Crippen LogP contribution in [-0.2, 0) is 14.3 Å². The number of aliphatic hydroxyl groups is 5. The molecule has 1 fully saturated rings. The van der Waals surface area contributed by atoms with Gasteiger partial charge in [0.25, 0.3) is 0 Å². The van der Waals surface area contributed by atoms with E-state index in [4.69, 9.17) is 9.47 Å². The molecule has 1 heterocycles. The molecule has 7 unspecified atom stereocenters. The van der Waals surface area contributed by atoms with Gasteiger partial charge in [0.05, 0.1) is 25.4 Å². The van der Waals surface area contributed by atoms with Gasteiger partial charge in [0.2, 0.25) is 5.91 Å². The average Bonchev–Trinajstić information content (AvgIpc) is 0.831. The zero-order chi connectivity index (χ0) is 67.8. The molecule has 0 aromatic heterocycles. The monoisotopic (exact) mass is 1330 g/mol. The molecule has 0 aromatic rings. The average molecular weight is 1330 g/mol. The van der Waals surface area contributed by atoms with Gasteiger partial charge in [0, 0.05) is 6.42 Å². The van der Waals surface area contributed by atoms with E-state index in [0.717, 1.165) is 44.9 Å². The molecule has 0 aliphatic carbocycles. The van der Waals surface area contributed by atoms with Gasteiger partial charge in [-0.05, 0) is 51.4 Å². The maximum absolute atomic E-state index is 13.2. The molecule has 1 aliphatic rings. The van der Waals surface area contributed by atoms with Crippen molar-refractivity contribution < 1.29 is 39.8 Å². The first-order valence-corrected chi connectivity index (χ1v) is 42.2. The lowest BCUT2D eigenvalue weighted by Gasteiger charge is -2.40. The predicted molar refractivity (Wildman–Crippen MR) is 406 cm³/mol. The van der Waals surface area contributed by atoms with E-state index in [-0.39, 0.29) is 12.5 Å². The van der Waals surface area contributed by atoms with Gasteiger partial charge in [-0.15, -0.1) is 0 Å².